The standard InChI is InChI=1S/C21H33N3O2/c1-17-13-19(10-11-24(17)16-18-7-4-3-5-8-18)23(2)21(25)15-22-14-20-9-6-12-26-20/h3-5,7-8,17,19-20,22H,6,9-16H2,1-2H3/t17-,19+,20+/m1/s1. The summed E-state index contributed by atoms with van der Waals surface area (Å²) in [5.74, 6) is 0.191. The van der Waals surface area contributed by atoms with Crippen molar-refractivity contribution in [1.29, 1.82) is 0 Å². The van der Waals surface area contributed by atoms with Crippen LogP contribution < -0.4 is 5.32 Å². The fourth-order valence-corrected chi connectivity index (χ4v) is 4.07. The first kappa shape index (κ1) is 19.3. The highest BCUT2D eigenvalue weighted by Crippen LogP contribution is 2.23. The zero-order chi connectivity index (χ0) is 18.4. The molecule has 1 aromatic rings. The molecule has 0 aromatic heterocycles. The molecule has 0 aliphatic carbocycles. The molecule has 1 amide bonds. The highest BCUT2D eigenvalue weighted by molar-refractivity contribution is 5.78. The zero-order valence-corrected chi connectivity index (χ0v) is 16.2. The summed E-state index contributed by atoms with van der Waals surface area (Å²) < 4.78 is 5.59. The molecular formula is C21H33N3O2. The van der Waals surface area contributed by atoms with E-state index >= 15 is 0 Å². The molecular weight excluding hydrogens is 326 g/mol. The van der Waals surface area contributed by atoms with Crippen LogP contribution in [0.25, 0.3) is 0 Å². The number of likely N-dealkylation sites (tertiary alicyclic amines) is 1. The van der Waals surface area contributed by atoms with Crippen molar-refractivity contribution in [2.45, 2.75) is 57.3 Å². The van der Waals surface area contributed by atoms with E-state index in [9.17, 15) is 4.79 Å². The molecule has 3 atom stereocenters. The maximum absolute atomic E-state index is 12.5. The number of amides is 1. The van der Waals surface area contributed by atoms with Gasteiger partial charge in [-0.3, -0.25) is 9.69 Å². The predicted molar refractivity (Wildman–Crippen MR) is 104 cm³/mol. The third-order valence-electron chi connectivity index (χ3n) is 5.83. The highest BCUT2D eigenvalue weighted by atomic mass is 16.5. The molecule has 0 radical (unpaired) electrons. The average Bonchev–Trinajstić information content (AvgIpc) is 3.17. The molecule has 0 spiro atoms. The van der Waals surface area contributed by atoms with Gasteiger partial charge in [0.1, 0.15) is 0 Å². The van der Waals surface area contributed by atoms with Crippen molar-refractivity contribution in [2.75, 3.05) is 33.3 Å². The molecule has 2 saturated heterocycles. The number of hydrogen-bond acceptors (Lipinski definition) is 4. The first-order chi connectivity index (χ1) is 12.6. The van der Waals surface area contributed by atoms with Gasteiger partial charge in [-0.25, -0.2) is 0 Å². The number of rotatable bonds is 7. The van der Waals surface area contributed by atoms with Gasteiger partial charge in [-0.15, -0.1) is 0 Å². The van der Waals surface area contributed by atoms with E-state index in [4.69, 9.17) is 4.74 Å². The van der Waals surface area contributed by atoms with Gasteiger partial charge in [-0.1, -0.05) is 30.3 Å². The van der Waals surface area contributed by atoms with Crippen LogP contribution in [-0.4, -0.2) is 67.2 Å². The van der Waals surface area contributed by atoms with E-state index in [1.165, 1.54) is 5.56 Å². The number of ether oxygens (including phenoxy) is 1. The zero-order valence-electron chi connectivity index (χ0n) is 16.2. The van der Waals surface area contributed by atoms with Gasteiger partial charge in [0.2, 0.25) is 5.91 Å². The van der Waals surface area contributed by atoms with Crippen molar-refractivity contribution >= 4 is 5.91 Å². The molecule has 0 bridgehead atoms. The summed E-state index contributed by atoms with van der Waals surface area (Å²) in [4.78, 5) is 17.0. The van der Waals surface area contributed by atoms with Crippen molar-refractivity contribution in [2.24, 2.45) is 0 Å². The third-order valence-corrected chi connectivity index (χ3v) is 5.83. The first-order valence-corrected chi connectivity index (χ1v) is 9.99. The van der Waals surface area contributed by atoms with Crippen LogP contribution in [0.1, 0.15) is 38.2 Å². The number of piperidine rings is 1. The van der Waals surface area contributed by atoms with E-state index < -0.39 is 0 Å². The van der Waals surface area contributed by atoms with Crippen LogP contribution >= 0.6 is 0 Å². The minimum absolute atomic E-state index is 0.191. The number of nitrogens with zero attached hydrogens (tertiary/aromatic N) is 2. The van der Waals surface area contributed by atoms with Gasteiger partial charge in [0.05, 0.1) is 12.6 Å². The lowest BCUT2D eigenvalue weighted by molar-refractivity contribution is -0.132. The second-order valence-electron chi connectivity index (χ2n) is 7.75. The normalized spacial score (nSPS) is 26.8. The van der Waals surface area contributed by atoms with Crippen LogP contribution in [0.4, 0.5) is 0 Å². The monoisotopic (exact) mass is 359 g/mol. The van der Waals surface area contributed by atoms with Crippen molar-refractivity contribution in [3.05, 3.63) is 35.9 Å². The molecule has 5 nitrogen and oxygen atoms in total. The van der Waals surface area contributed by atoms with E-state index in [1.54, 1.807) is 0 Å². The number of carbonyl (C=O) groups is 1. The molecule has 5 heteroatoms. The second kappa shape index (κ2) is 9.49. The minimum Gasteiger partial charge on any atom is -0.377 e. The lowest BCUT2D eigenvalue weighted by Gasteiger charge is -2.41. The van der Waals surface area contributed by atoms with E-state index in [1.807, 2.05) is 11.9 Å². The van der Waals surface area contributed by atoms with E-state index in [0.717, 1.165) is 51.9 Å². The topological polar surface area (TPSA) is 44.8 Å². The van der Waals surface area contributed by atoms with E-state index in [-0.39, 0.29) is 12.0 Å². The maximum atomic E-state index is 12.5. The van der Waals surface area contributed by atoms with Crippen LogP contribution in [0.2, 0.25) is 0 Å². The summed E-state index contributed by atoms with van der Waals surface area (Å²) in [5.41, 5.74) is 1.36. The number of hydrogen-bond donors (Lipinski definition) is 1. The fraction of sp³-hybridized carbons (Fsp3) is 0.667. The molecule has 0 saturated carbocycles. The summed E-state index contributed by atoms with van der Waals surface area (Å²) in [6.07, 6.45) is 4.62. The smallest absolute Gasteiger partial charge is 0.236 e. The van der Waals surface area contributed by atoms with Crippen LogP contribution in [0.3, 0.4) is 0 Å². The Bertz CT molecular complexity index is 560. The van der Waals surface area contributed by atoms with Crippen molar-refractivity contribution in [3.63, 3.8) is 0 Å². The van der Waals surface area contributed by atoms with Crippen LogP contribution in [-0.2, 0) is 16.1 Å². The lowest BCUT2D eigenvalue weighted by atomic mass is 9.96. The number of nitrogens with one attached hydrogen (secondary N) is 1. The Morgan fingerprint density at radius 2 is 2.12 bits per heavy atom. The molecule has 0 unspecified atom stereocenters. The highest BCUT2D eigenvalue weighted by Gasteiger charge is 2.29. The largest absolute Gasteiger partial charge is 0.377 e. The molecule has 26 heavy (non-hydrogen) atoms. The quantitative estimate of drug-likeness (QED) is 0.811. The molecule has 1 N–H and O–H groups in total. The Morgan fingerprint density at radius 1 is 1.31 bits per heavy atom. The van der Waals surface area contributed by atoms with Crippen molar-refractivity contribution in [1.82, 2.24) is 15.1 Å². The second-order valence-corrected chi connectivity index (χ2v) is 7.75. The predicted octanol–water partition coefficient (Wildman–Crippen LogP) is 2.27. The van der Waals surface area contributed by atoms with E-state index in [2.05, 4.69) is 47.5 Å². The third kappa shape index (κ3) is 5.29. The minimum atomic E-state index is 0.191. The molecule has 1 aromatic carbocycles. The number of benzene rings is 1. The summed E-state index contributed by atoms with van der Waals surface area (Å²) in [5, 5.41) is 3.27. The number of carbonyl (C=O) groups excluding carboxylic acids is 1. The SMILES string of the molecule is C[C@@H]1C[C@@H](N(C)C(=O)CNC[C@@H]2CCCO2)CCN1Cc1ccccc1. The molecule has 2 aliphatic rings. The Labute approximate surface area is 157 Å². The molecule has 3 rings (SSSR count). The Hall–Kier alpha value is -1.43. The molecule has 2 heterocycles. The van der Waals surface area contributed by atoms with Gasteiger partial charge in [-0.05, 0) is 38.2 Å². The maximum Gasteiger partial charge on any atom is 0.236 e. The van der Waals surface area contributed by atoms with Crippen LogP contribution in [0.15, 0.2) is 30.3 Å². The van der Waals surface area contributed by atoms with Gasteiger partial charge in [0.15, 0.2) is 0 Å². The van der Waals surface area contributed by atoms with Gasteiger partial charge >= 0.3 is 0 Å². The number of likely N-dealkylation sites (N-methyl/N-ethyl adjacent to an activating group) is 1. The van der Waals surface area contributed by atoms with Gasteiger partial charge in [-0.2, -0.15) is 0 Å². The summed E-state index contributed by atoms with van der Waals surface area (Å²) >= 11 is 0. The van der Waals surface area contributed by atoms with Crippen LogP contribution in [0.5, 0.6) is 0 Å². The fourth-order valence-electron chi connectivity index (χ4n) is 4.07. The van der Waals surface area contributed by atoms with Crippen LogP contribution in [0, 0.1) is 0 Å². The molecule has 2 fully saturated rings. The Kier molecular flexibility index (Phi) is 7.06. The van der Waals surface area contributed by atoms with Gasteiger partial charge in [0.25, 0.3) is 0 Å². The van der Waals surface area contributed by atoms with E-state index in [0.29, 0.717) is 18.6 Å². The van der Waals surface area contributed by atoms with Crippen molar-refractivity contribution < 1.29 is 9.53 Å². The Balaban J connectivity index is 1.41. The summed E-state index contributed by atoms with van der Waals surface area (Å²) in [6.45, 7) is 6.38. The first-order valence-electron chi connectivity index (χ1n) is 9.99. The molecule has 144 valence electrons. The molecule has 2 aliphatic heterocycles. The average molecular weight is 360 g/mol. The van der Waals surface area contributed by atoms with Crippen molar-refractivity contribution in [3.8, 4) is 0 Å². The lowest BCUT2D eigenvalue weighted by Crippen LogP contribution is -2.50. The summed E-state index contributed by atoms with van der Waals surface area (Å²) in [7, 11) is 1.96. The van der Waals surface area contributed by atoms with Gasteiger partial charge in [0, 0.05) is 45.4 Å². The van der Waals surface area contributed by atoms with Gasteiger partial charge < -0.3 is 15.0 Å². The Morgan fingerprint density at radius 3 is 2.81 bits per heavy atom. The summed E-state index contributed by atoms with van der Waals surface area (Å²) in [6, 6.07) is 11.5.